The van der Waals surface area contributed by atoms with Crippen molar-refractivity contribution in [3.05, 3.63) is 70.3 Å². The zero-order valence-electron chi connectivity index (χ0n) is 37.9. The summed E-state index contributed by atoms with van der Waals surface area (Å²) in [6, 6.07) is 3.64. The molecule has 4 rings (SSSR count). The Morgan fingerprint density at radius 1 is 0.344 bits per heavy atom. The van der Waals surface area contributed by atoms with Crippen LogP contribution in [0.3, 0.4) is 0 Å². The summed E-state index contributed by atoms with van der Waals surface area (Å²) in [6.07, 6.45) is 8.31. The second-order valence-corrected chi connectivity index (χ2v) is 16.5. The molecule has 6 nitrogen and oxygen atoms in total. The summed E-state index contributed by atoms with van der Waals surface area (Å²) in [5.41, 5.74) is 1.70. The third kappa shape index (κ3) is 12.8. The lowest BCUT2D eigenvalue weighted by atomic mass is 9.84. The Hall–Kier alpha value is -3.78. The average Bonchev–Trinajstić information content (AvgIpc) is 3.28. The Morgan fingerprint density at radius 2 is 0.562 bits per heavy atom. The van der Waals surface area contributed by atoms with E-state index in [0.717, 1.165) is 62.8 Å². The van der Waals surface area contributed by atoms with Crippen molar-refractivity contribution in [1.29, 1.82) is 0 Å². The SMILES string of the molecule is CCCCOc1c(OCCCC)c(-c2cc(F)c(F)c(F)c2)c(CBr)c(-c2c(CBr)c(-c3cc(F)c(F)c(F)c3)c(OCCCC)c(OCCCC)c2OCCCC)c1OCCCC. The number of halogens is 8. The minimum atomic E-state index is -1.64. The van der Waals surface area contributed by atoms with Gasteiger partial charge in [-0.05, 0) is 85.0 Å². The summed E-state index contributed by atoms with van der Waals surface area (Å²) in [4.78, 5) is 0. The second-order valence-electron chi connectivity index (χ2n) is 15.4. The fourth-order valence-electron chi connectivity index (χ4n) is 6.99. The maximum atomic E-state index is 15.5. The molecule has 0 saturated carbocycles. The molecule has 0 saturated heterocycles. The highest BCUT2D eigenvalue weighted by atomic mass is 79.9. The molecule has 0 N–H and O–H groups in total. The first-order valence-corrected chi connectivity index (χ1v) is 24.9. The van der Waals surface area contributed by atoms with E-state index in [4.69, 9.17) is 28.4 Å². The van der Waals surface area contributed by atoms with Gasteiger partial charge in [0, 0.05) is 32.9 Å². The lowest BCUT2D eigenvalue weighted by molar-refractivity contribution is 0.236. The van der Waals surface area contributed by atoms with E-state index in [-0.39, 0.29) is 107 Å². The van der Waals surface area contributed by atoms with Gasteiger partial charge in [0.05, 0.1) is 39.6 Å². The fraction of sp³-hybridized carbons (Fsp3) is 0.520. The van der Waals surface area contributed by atoms with Crippen molar-refractivity contribution in [2.45, 2.75) is 129 Å². The van der Waals surface area contributed by atoms with E-state index in [0.29, 0.717) is 60.8 Å². The Morgan fingerprint density at radius 3 is 0.781 bits per heavy atom. The smallest absolute Gasteiger partial charge is 0.204 e. The maximum absolute atomic E-state index is 15.5. The van der Waals surface area contributed by atoms with Crippen LogP contribution in [0.4, 0.5) is 26.3 Å². The fourth-order valence-corrected chi connectivity index (χ4v) is 8.11. The number of hydrogen-bond acceptors (Lipinski definition) is 6. The van der Waals surface area contributed by atoms with E-state index in [1.54, 1.807) is 0 Å². The molecular weight excluding hydrogens is 970 g/mol. The molecule has 0 heterocycles. The summed E-state index contributed by atoms with van der Waals surface area (Å²) in [5, 5.41) is 0.0155. The number of benzene rings is 4. The Labute approximate surface area is 392 Å². The van der Waals surface area contributed by atoms with Crippen LogP contribution in [0, 0.1) is 34.9 Å². The number of unbranched alkanes of at least 4 members (excludes halogenated alkanes) is 6. The van der Waals surface area contributed by atoms with Crippen LogP contribution in [0.15, 0.2) is 24.3 Å². The molecule has 0 unspecified atom stereocenters. The van der Waals surface area contributed by atoms with Crippen LogP contribution in [-0.2, 0) is 10.7 Å². The van der Waals surface area contributed by atoms with E-state index in [1.807, 2.05) is 41.5 Å². The highest BCUT2D eigenvalue weighted by Crippen LogP contribution is 2.61. The predicted molar refractivity (Wildman–Crippen MR) is 250 cm³/mol. The minimum absolute atomic E-state index is 0.00777. The van der Waals surface area contributed by atoms with Gasteiger partial charge in [-0.3, -0.25) is 0 Å². The number of ether oxygens (including phenoxy) is 6. The standard InChI is InChI=1S/C50H62Br2F6O6/c1-7-13-19-59-45-39(31-25-35(53)43(57)36(54)26-31)33(29-51)41(47(61-21-15-9-3)49(45)63-23-17-11-5)42-34(30-52)40(32-27-37(55)44(58)38(56)28-32)46(60-20-14-8-2)50(64-24-18-12-6)48(42)62-22-16-10-4/h25-28H,7-24,29-30H2,1-6H3. The van der Waals surface area contributed by atoms with Crippen LogP contribution in [0.2, 0.25) is 0 Å². The van der Waals surface area contributed by atoms with Crippen LogP contribution in [0.5, 0.6) is 34.5 Å². The molecular formula is C50H62Br2F6O6. The molecule has 0 aliphatic carbocycles. The second kappa shape index (κ2) is 27.0. The van der Waals surface area contributed by atoms with E-state index >= 15 is 17.6 Å². The molecule has 4 aromatic rings. The average molecular weight is 1030 g/mol. The molecule has 0 aliphatic rings. The van der Waals surface area contributed by atoms with Gasteiger partial charge in [0.25, 0.3) is 0 Å². The lowest BCUT2D eigenvalue weighted by Gasteiger charge is -2.30. The van der Waals surface area contributed by atoms with Gasteiger partial charge in [-0.15, -0.1) is 0 Å². The van der Waals surface area contributed by atoms with Gasteiger partial charge in [-0.2, -0.15) is 0 Å². The van der Waals surface area contributed by atoms with Gasteiger partial charge in [0.1, 0.15) is 0 Å². The Kier molecular flexibility index (Phi) is 22.3. The first-order valence-electron chi connectivity index (χ1n) is 22.6. The van der Waals surface area contributed by atoms with Crippen molar-refractivity contribution in [3.63, 3.8) is 0 Å². The van der Waals surface area contributed by atoms with Gasteiger partial charge >= 0.3 is 0 Å². The number of hydrogen-bond donors (Lipinski definition) is 0. The van der Waals surface area contributed by atoms with Crippen molar-refractivity contribution < 1.29 is 54.8 Å². The highest BCUT2D eigenvalue weighted by Gasteiger charge is 2.37. The molecule has 0 bridgehead atoms. The number of alkyl halides is 2. The number of rotatable bonds is 29. The maximum Gasteiger partial charge on any atom is 0.204 e. The third-order valence-corrected chi connectivity index (χ3v) is 11.6. The van der Waals surface area contributed by atoms with Gasteiger partial charge in [-0.1, -0.05) is 112 Å². The first-order chi connectivity index (χ1) is 31.0. The summed E-state index contributed by atoms with van der Waals surface area (Å²) >= 11 is 7.43. The summed E-state index contributed by atoms with van der Waals surface area (Å²) in [7, 11) is 0. The zero-order chi connectivity index (χ0) is 46.8. The summed E-state index contributed by atoms with van der Waals surface area (Å²) < 4.78 is 131. The Balaban J connectivity index is 2.48. The molecule has 4 aromatic carbocycles. The van der Waals surface area contributed by atoms with Gasteiger partial charge in [0.2, 0.25) is 11.5 Å². The van der Waals surface area contributed by atoms with Crippen LogP contribution in [0.25, 0.3) is 33.4 Å². The van der Waals surface area contributed by atoms with Gasteiger partial charge in [-0.25, -0.2) is 26.3 Å². The lowest BCUT2D eigenvalue weighted by Crippen LogP contribution is -2.13. The van der Waals surface area contributed by atoms with E-state index in [1.165, 1.54) is 0 Å². The molecule has 0 fully saturated rings. The van der Waals surface area contributed by atoms with E-state index in [2.05, 4.69) is 31.9 Å². The van der Waals surface area contributed by atoms with Gasteiger partial charge in [0.15, 0.2) is 57.9 Å². The quantitative estimate of drug-likeness (QED) is 0.0234. The third-order valence-electron chi connectivity index (χ3n) is 10.5. The van der Waals surface area contributed by atoms with Crippen molar-refractivity contribution >= 4 is 31.9 Å². The van der Waals surface area contributed by atoms with Crippen LogP contribution >= 0.6 is 31.9 Å². The Bertz CT molecular complexity index is 1940. The first kappa shape index (κ1) is 52.8. The van der Waals surface area contributed by atoms with Crippen LogP contribution in [0.1, 0.15) is 130 Å². The van der Waals surface area contributed by atoms with Crippen LogP contribution in [-0.4, -0.2) is 39.6 Å². The minimum Gasteiger partial charge on any atom is -0.489 e. The molecule has 0 aromatic heterocycles. The summed E-state index contributed by atoms with van der Waals surface area (Å²) in [5.74, 6) is -7.98. The highest BCUT2D eigenvalue weighted by molar-refractivity contribution is 9.08. The molecule has 0 spiro atoms. The van der Waals surface area contributed by atoms with E-state index in [9.17, 15) is 8.78 Å². The van der Waals surface area contributed by atoms with Crippen molar-refractivity contribution in [2.75, 3.05) is 39.6 Å². The van der Waals surface area contributed by atoms with Crippen molar-refractivity contribution in [1.82, 2.24) is 0 Å². The largest absolute Gasteiger partial charge is 0.489 e. The molecule has 0 aliphatic heterocycles. The van der Waals surface area contributed by atoms with E-state index < -0.39 is 34.9 Å². The zero-order valence-corrected chi connectivity index (χ0v) is 41.1. The van der Waals surface area contributed by atoms with Gasteiger partial charge < -0.3 is 28.4 Å². The molecule has 64 heavy (non-hydrogen) atoms. The summed E-state index contributed by atoms with van der Waals surface area (Å²) in [6.45, 7) is 13.2. The monoisotopic (exact) mass is 1030 g/mol. The van der Waals surface area contributed by atoms with Crippen molar-refractivity contribution in [3.8, 4) is 67.9 Å². The molecule has 0 amide bonds. The normalized spacial score (nSPS) is 11.3. The topological polar surface area (TPSA) is 55.4 Å². The molecule has 0 atom stereocenters. The predicted octanol–water partition coefficient (Wildman–Crippen LogP) is 16.4. The van der Waals surface area contributed by atoms with Crippen LogP contribution < -0.4 is 28.4 Å². The molecule has 354 valence electrons. The molecule has 14 heteroatoms. The van der Waals surface area contributed by atoms with Crippen molar-refractivity contribution in [2.24, 2.45) is 0 Å². The molecule has 0 radical (unpaired) electrons.